The Hall–Kier alpha value is -3.62. The number of benzene rings is 2. The number of nitrogens with zero attached hydrogens (tertiary/aromatic N) is 2. The molecule has 0 saturated carbocycles. The van der Waals surface area contributed by atoms with Gasteiger partial charge in [-0.05, 0) is 25.1 Å². The molecule has 0 aliphatic carbocycles. The van der Waals surface area contributed by atoms with E-state index < -0.39 is 16.4 Å². The Morgan fingerprint density at radius 3 is 2.73 bits per heavy atom. The summed E-state index contributed by atoms with van der Waals surface area (Å²) in [5, 5.41) is 27.5. The normalized spacial score (nSPS) is 10.5. The average Bonchev–Trinajstić information content (AvgIpc) is 2.63. The Labute approximate surface area is 149 Å². The second kappa shape index (κ2) is 9.02. The summed E-state index contributed by atoms with van der Waals surface area (Å²) in [7, 11) is 0. The summed E-state index contributed by atoms with van der Waals surface area (Å²) in [4.78, 5) is 22.0. The van der Waals surface area contributed by atoms with Gasteiger partial charge in [0.2, 0.25) is 5.75 Å². The lowest BCUT2D eigenvalue weighted by Gasteiger charge is -2.07. The standard InChI is InChI=1S/C17H18N4O5/c1-2-26-15-9-12(8-14(17(15)23)21(24)25)10-19-20-16(22)11-18-13-6-4-3-5-7-13/h3-10,18,23H,2,11H2,1H3,(H,20,22)/b19-10-. The van der Waals surface area contributed by atoms with Gasteiger partial charge in [0.25, 0.3) is 5.91 Å². The second-order valence-electron chi connectivity index (χ2n) is 5.09. The van der Waals surface area contributed by atoms with Gasteiger partial charge in [0.1, 0.15) is 0 Å². The summed E-state index contributed by atoms with van der Waals surface area (Å²) >= 11 is 0. The Morgan fingerprint density at radius 1 is 1.35 bits per heavy atom. The lowest BCUT2D eigenvalue weighted by Crippen LogP contribution is -2.25. The van der Waals surface area contributed by atoms with Gasteiger partial charge in [-0.1, -0.05) is 18.2 Å². The van der Waals surface area contributed by atoms with Gasteiger partial charge in [-0.25, -0.2) is 5.43 Å². The maximum absolute atomic E-state index is 11.7. The van der Waals surface area contributed by atoms with Crippen molar-refractivity contribution in [3.63, 3.8) is 0 Å². The molecule has 0 unspecified atom stereocenters. The van der Waals surface area contributed by atoms with Gasteiger partial charge in [0.15, 0.2) is 5.75 Å². The van der Waals surface area contributed by atoms with Crippen LogP contribution in [-0.4, -0.2) is 35.3 Å². The van der Waals surface area contributed by atoms with Gasteiger partial charge in [0.05, 0.1) is 24.3 Å². The first-order chi connectivity index (χ1) is 12.5. The zero-order valence-electron chi connectivity index (χ0n) is 14.0. The van der Waals surface area contributed by atoms with E-state index in [0.29, 0.717) is 5.56 Å². The van der Waals surface area contributed by atoms with Crippen LogP contribution < -0.4 is 15.5 Å². The lowest BCUT2D eigenvalue weighted by atomic mass is 10.2. The van der Waals surface area contributed by atoms with E-state index >= 15 is 0 Å². The Balaban J connectivity index is 2.00. The molecule has 0 atom stereocenters. The molecule has 0 saturated heterocycles. The van der Waals surface area contributed by atoms with E-state index in [9.17, 15) is 20.0 Å². The molecule has 0 radical (unpaired) electrons. The van der Waals surface area contributed by atoms with Crippen LogP contribution in [0.5, 0.6) is 11.5 Å². The summed E-state index contributed by atoms with van der Waals surface area (Å²) in [6.07, 6.45) is 1.23. The van der Waals surface area contributed by atoms with Crippen molar-refractivity contribution in [2.75, 3.05) is 18.5 Å². The number of phenols is 1. The third-order valence-corrected chi connectivity index (χ3v) is 3.20. The minimum atomic E-state index is -0.725. The van der Waals surface area contributed by atoms with Crippen molar-refractivity contribution in [2.45, 2.75) is 6.92 Å². The van der Waals surface area contributed by atoms with Crippen LogP contribution in [0.1, 0.15) is 12.5 Å². The summed E-state index contributed by atoms with van der Waals surface area (Å²) in [6.45, 7) is 1.93. The molecule has 0 spiro atoms. The second-order valence-corrected chi connectivity index (χ2v) is 5.09. The van der Waals surface area contributed by atoms with E-state index in [1.807, 2.05) is 30.3 Å². The predicted molar refractivity (Wildman–Crippen MR) is 96.6 cm³/mol. The number of hydrazone groups is 1. The van der Waals surface area contributed by atoms with Crippen molar-refractivity contribution < 1.29 is 19.6 Å². The minimum absolute atomic E-state index is 0.0152. The molecule has 0 aliphatic rings. The molecule has 2 aromatic carbocycles. The molecule has 0 bridgehead atoms. The summed E-state index contributed by atoms with van der Waals surface area (Å²) < 4.78 is 5.17. The monoisotopic (exact) mass is 358 g/mol. The highest BCUT2D eigenvalue weighted by Gasteiger charge is 2.19. The van der Waals surface area contributed by atoms with Crippen LogP contribution in [0.3, 0.4) is 0 Å². The van der Waals surface area contributed by atoms with Gasteiger partial charge in [-0.2, -0.15) is 5.10 Å². The highest BCUT2D eigenvalue weighted by molar-refractivity contribution is 5.86. The van der Waals surface area contributed by atoms with E-state index in [-0.39, 0.29) is 24.8 Å². The SMILES string of the molecule is CCOc1cc(/C=N\NC(=O)CNc2ccccc2)cc([N+](=O)[O-])c1O. The number of anilines is 1. The number of hydrogen-bond acceptors (Lipinski definition) is 7. The van der Waals surface area contributed by atoms with Crippen LogP contribution in [0.2, 0.25) is 0 Å². The first-order valence-electron chi connectivity index (χ1n) is 7.76. The van der Waals surface area contributed by atoms with Crippen molar-refractivity contribution in [1.29, 1.82) is 0 Å². The van der Waals surface area contributed by atoms with Crippen LogP contribution in [0.15, 0.2) is 47.6 Å². The maximum atomic E-state index is 11.7. The fourth-order valence-electron chi connectivity index (χ4n) is 2.05. The number of para-hydroxylation sites is 1. The molecule has 9 nitrogen and oxygen atoms in total. The van der Waals surface area contributed by atoms with Gasteiger partial charge in [-0.15, -0.1) is 0 Å². The number of nitrogens with one attached hydrogen (secondary N) is 2. The number of nitro groups is 1. The number of amides is 1. The van der Waals surface area contributed by atoms with E-state index in [2.05, 4.69) is 15.8 Å². The molecule has 26 heavy (non-hydrogen) atoms. The molecule has 1 amide bonds. The third-order valence-electron chi connectivity index (χ3n) is 3.20. The van der Waals surface area contributed by atoms with E-state index in [1.54, 1.807) is 6.92 Å². The Bertz CT molecular complexity index is 808. The molecule has 136 valence electrons. The highest BCUT2D eigenvalue weighted by Crippen LogP contribution is 2.36. The summed E-state index contributed by atoms with van der Waals surface area (Å²) in [5.41, 5.74) is 2.90. The molecule has 0 aliphatic heterocycles. The summed E-state index contributed by atoms with van der Waals surface area (Å²) in [6, 6.07) is 11.7. The number of nitro benzene ring substituents is 1. The van der Waals surface area contributed by atoms with Crippen LogP contribution in [-0.2, 0) is 4.79 Å². The molecule has 2 rings (SSSR count). The van der Waals surface area contributed by atoms with Crippen LogP contribution in [0, 0.1) is 10.1 Å². The number of carbonyl (C=O) groups is 1. The molecule has 0 aromatic heterocycles. The van der Waals surface area contributed by atoms with Gasteiger partial charge in [-0.3, -0.25) is 14.9 Å². The number of aromatic hydroxyl groups is 1. The van der Waals surface area contributed by atoms with Gasteiger partial charge in [0, 0.05) is 17.3 Å². The predicted octanol–water partition coefficient (Wildman–Crippen LogP) is 2.26. The van der Waals surface area contributed by atoms with Crippen molar-refractivity contribution in [3.8, 4) is 11.5 Å². The zero-order chi connectivity index (χ0) is 18.9. The van der Waals surface area contributed by atoms with Crippen molar-refractivity contribution in [3.05, 3.63) is 58.1 Å². The van der Waals surface area contributed by atoms with Crippen molar-refractivity contribution >= 4 is 23.5 Å². The average molecular weight is 358 g/mol. The van der Waals surface area contributed by atoms with Crippen molar-refractivity contribution in [2.24, 2.45) is 5.10 Å². The highest BCUT2D eigenvalue weighted by atomic mass is 16.6. The molecule has 0 heterocycles. The summed E-state index contributed by atoms with van der Waals surface area (Å²) in [5.74, 6) is -0.964. The first kappa shape index (κ1) is 18.7. The largest absolute Gasteiger partial charge is 0.500 e. The third kappa shape index (κ3) is 5.20. The molecule has 9 heteroatoms. The maximum Gasteiger partial charge on any atom is 0.315 e. The quantitative estimate of drug-likeness (QED) is 0.377. The van der Waals surface area contributed by atoms with Gasteiger partial charge < -0.3 is 15.2 Å². The first-order valence-corrected chi connectivity index (χ1v) is 7.76. The molecule has 2 aromatic rings. The van der Waals surface area contributed by atoms with Crippen molar-refractivity contribution in [1.82, 2.24) is 5.43 Å². The number of phenolic OH excluding ortho intramolecular Hbond substituents is 1. The van der Waals surface area contributed by atoms with Crippen LogP contribution >= 0.6 is 0 Å². The lowest BCUT2D eigenvalue weighted by molar-refractivity contribution is -0.386. The van der Waals surface area contributed by atoms with E-state index in [0.717, 1.165) is 11.8 Å². The fraction of sp³-hybridized carbons (Fsp3) is 0.176. The molecular formula is C17H18N4O5. The van der Waals surface area contributed by atoms with Gasteiger partial charge >= 0.3 is 5.69 Å². The number of rotatable bonds is 8. The van der Waals surface area contributed by atoms with Crippen LogP contribution in [0.4, 0.5) is 11.4 Å². The Kier molecular flexibility index (Phi) is 6.49. The van der Waals surface area contributed by atoms with Crippen LogP contribution in [0.25, 0.3) is 0 Å². The minimum Gasteiger partial charge on any atom is -0.500 e. The smallest absolute Gasteiger partial charge is 0.315 e. The zero-order valence-corrected chi connectivity index (χ0v) is 14.0. The molecular weight excluding hydrogens is 340 g/mol. The number of hydrogen-bond donors (Lipinski definition) is 3. The Morgan fingerprint density at radius 2 is 2.08 bits per heavy atom. The number of ether oxygens (including phenoxy) is 1. The molecule has 0 fully saturated rings. The van der Waals surface area contributed by atoms with E-state index in [4.69, 9.17) is 4.74 Å². The fourth-order valence-corrected chi connectivity index (χ4v) is 2.05. The number of carbonyl (C=O) groups excluding carboxylic acids is 1. The molecule has 3 N–H and O–H groups in total. The topological polar surface area (TPSA) is 126 Å². The van der Waals surface area contributed by atoms with E-state index in [1.165, 1.54) is 12.3 Å².